The molecule has 4 nitrogen and oxygen atoms in total. The van der Waals surface area contributed by atoms with Gasteiger partial charge in [-0.3, -0.25) is 0 Å². The molecule has 107 valence electrons. The van der Waals surface area contributed by atoms with Crippen LogP contribution in [0.4, 0.5) is 4.39 Å². The van der Waals surface area contributed by atoms with Crippen LogP contribution in [-0.2, 0) is 21.7 Å². The Labute approximate surface area is 137 Å². The molecule has 0 aromatic heterocycles. The summed E-state index contributed by atoms with van der Waals surface area (Å²) in [6.07, 6.45) is -0.0797. The molecule has 0 unspecified atom stereocenters. The van der Waals surface area contributed by atoms with Gasteiger partial charge in [-0.15, -0.1) is 0 Å². The maximum absolute atomic E-state index is 13.4. The van der Waals surface area contributed by atoms with Gasteiger partial charge in [-0.2, -0.15) is 0 Å². The molecule has 1 aliphatic heterocycles. The maximum atomic E-state index is 13.4. The quantitative estimate of drug-likeness (QED) is 0.262. The SMILES string of the molecule is CN1CCNCCNC[C-](F)N(C)CC1.[Cl-].[Cl-].[Ti+3]. The monoisotopic (exact) mass is 335 g/mol. The minimum absolute atomic E-state index is 0. The van der Waals surface area contributed by atoms with Crippen molar-refractivity contribution in [2.75, 3.05) is 59.9 Å². The Balaban J connectivity index is -0.000000750. The van der Waals surface area contributed by atoms with Gasteiger partial charge in [0.25, 0.3) is 0 Å². The summed E-state index contributed by atoms with van der Waals surface area (Å²) in [6, 6.07) is 0. The van der Waals surface area contributed by atoms with Crippen molar-refractivity contribution in [2.24, 2.45) is 0 Å². The van der Waals surface area contributed by atoms with Crippen molar-refractivity contribution in [2.45, 2.75) is 0 Å². The first-order valence-electron chi connectivity index (χ1n) is 5.52. The Morgan fingerprint density at radius 1 is 0.944 bits per heavy atom. The first-order valence-corrected chi connectivity index (χ1v) is 5.52. The second kappa shape index (κ2) is 14.5. The first kappa shape index (κ1) is 24.1. The van der Waals surface area contributed by atoms with E-state index in [4.69, 9.17) is 0 Å². The fourth-order valence-electron chi connectivity index (χ4n) is 1.45. The van der Waals surface area contributed by atoms with E-state index >= 15 is 0 Å². The molecule has 0 bridgehead atoms. The molecule has 18 heavy (non-hydrogen) atoms. The van der Waals surface area contributed by atoms with E-state index in [2.05, 4.69) is 22.6 Å². The van der Waals surface area contributed by atoms with Crippen LogP contribution >= 0.6 is 0 Å². The van der Waals surface area contributed by atoms with E-state index < -0.39 is 0 Å². The minimum atomic E-state index is -0.0797. The molecule has 1 heterocycles. The third-order valence-electron chi connectivity index (χ3n) is 2.65. The molecule has 0 atom stereocenters. The smallest absolute Gasteiger partial charge is 1.00 e. The van der Waals surface area contributed by atoms with Crippen LogP contribution in [-0.4, -0.2) is 69.7 Å². The standard InChI is InChI=1S/C10H22FN4.2ClH.Ti/c1-14-6-5-12-3-4-13-9-10(11)15(2)8-7-14;;;/h12-13H,3-9H2,1-2H3;2*1H;/q-1;;;+3/p-2. The van der Waals surface area contributed by atoms with Crippen LogP contribution in [0.25, 0.3) is 0 Å². The van der Waals surface area contributed by atoms with Crippen LogP contribution in [0.3, 0.4) is 0 Å². The number of hydrogen-bond acceptors (Lipinski definition) is 4. The summed E-state index contributed by atoms with van der Waals surface area (Å²) in [7, 11) is 3.87. The van der Waals surface area contributed by atoms with Crippen molar-refractivity contribution in [1.29, 1.82) is 0 Å². The molecule has 1 rings (SSSR count). The summed E-state index contributed by atoms with van der Waals surface area (Å²) < 4.78 is 13.4. The molecule has 1 radical (unpaired) electrons. The summed E-state index contributed by atoms with van der Waals surface area (Å²) in [5, 5.41) is 6.37. The van der Waals surface area contributed by atoms with E-state index in [1.54, 1.807) is 11.9 Å². The van der Waals surface area contributed by atoms with Crippen LogP contribution < -0.4 is 35.4 Å². The molecule has 1 fully saturated rings. The summed E-state index contributed by atoms with van der Waals surface area (Å²) in [5.74, 6) is 0. The second-order valence-electron chi connectivity index (χ2n) is 4.03. The van der Waals surface area contributed by atoms with E-state index in [1.807, 2.05) is 0 Å². The molecule has 1 saturated heterocycles. The molecule has 1 aliphatic rings. The summed E-state index contributed by atoms with van der Waals surface area (Å²) in [5.41, 5.74) is 0. The van der Waals surface area contributed by atoms with Gasteiger partial charge in [0.2, 0.25) is 0 Å². The molecule has 0 aromatic carbocycles. The van der Waals surface area contributed by atoms with Gasteiger partial charge in [-0.1, -0.05) is 12.8 Å². The van der Waals surface area contributed by atoms with E-state index in [0.717, 1.165) is 39.3 Å². The van der Waals surface area contributed by atoms with Crippen LogP contribution in [0.15, 0.2) is 0 Å². The van der Waals surface area contributed by atoms with Crippen LogP contribution in [0.5, 0.6) is 0 Å². The minimum Gasteiger partial charge on any atom is -1.00 e. The van der Waals surface area contributed by atoms with Gasteiger partial charge in [-0.05, 0) is 20.6 Å². The molecule has 0 aliphatic carbocycles. The van der Waals surface area contributed by atoms with Crippen LogP contribution in [0, 0.1) is 6.30 Å². The Hall–Kier alpha value is 1.06. The molecule has 0 saturated carbocycles. The van der Waals surface area contributed by atoms with Crippen molar-refractivity contribution in [3.8, 4) is 0 Å². The number of likely N-dealkylation sites (N-methyl/N-ethyl adjacent to an activating group) is 2. The fourth-order valence-corrected chi connectivity index (χ4v) is 1.45. The van der Waals surface area contributed by atoms with Gasteiger partial charge >= 0.3 is 21.7 Å². The Morgan fingerprint density at radius 3 is 2.22 bits per heavy atom. The summed E-state index contributed by atoms with van der Waals surface area (Å²) in [6.45, 7) is 5.68. The van der Waals surface area contributed by atoms with Gasteiger partial charge in [0.15, 0.2) is 0 Å². The van der Waals surface area contributed by atoms with E-state index in [1.165, 1.54) is 0 Å². The normalized spacial score (nSPS) is 21.5. The average Bonchev–Trinajstić information content (AvgIpc) is 2.22. The summed E-state index contributed by atoms with van der Waals surface area (Å²) in [4.78, 5) is 3.89. The molecular weight excluding hydrogens is 314 g/mol. The number of rotatable bonds is 0. The zero-order valence-corrected chi connectivity index (χ0v) is 14.1. The van der Waals surface area contributed by atoms with Gasteiger partial charge < -0.3 is 49.6 Å². The van der Waals surface area contributed by atoms with E-state index in [-0.39, 0.29) is 52.8 Å². The Bertz CT molecular complexity index is 182. The van der Waals surface area contributed by atoms with E-state index in [9.17, 15) is 4.39 Å². The fraction of sp³-hybridized carbons (Fsp3) is 0.900. The molecule has 2 N–H and O–H groups in total. The predicted molar refractivity (Wildman–Crippen MR) is 60.2 cm³/mol. The van der Waals surface area contributed by atoms with Gasteiger partial charge in [-0.25, -0.2) is 0 Å². The van der Waals surface area contributed by atoms with Crippen molar-refractivity contribution >= 4 is 0 Å². The summed E-state index contributed by atoms with van der Waals surface area (Å²) >= 11 is 0. The van der Waals surface area contributed by atoms with Crippen molar-refractivity contribution < 1.29 is 50.9 Å². The average molecular weight is 336 g/mol. The van der Waals surface area contributed by atoms with Crippen molar-refractivity contribution in [1.82, 2.24) is 20.4 Å². The number of halogens is 3. The maximum Gasteiger partial charge on any atom is 3.00 e. The molecule has 0 aromatic rings. The molecule has 0 spiro atoms. The molecular formula is C10H22Cl2FN4Ti. The van der Waals surface area contributed by atoms with Crippen molar-refractivity contribution in [3.63, 3.8) is 0 Å². The number of hydrogen-bond donors (Lipinski definition) is 2. The first-order chi connectivity index (χ1) is 7.20. The topological polar surface area (TPSA) is 30.5 Å². The molecule has 0 amide bonds. The second-order valence-corrected chi connectivity index (χ2v) is 4.03. The van der Waals surface area contributed by atoms with E-state index in [0.29, 0.717) is 6.54 Å². The zero-order chi connectivity index (χ0) is 11.1. The predicted octanol–water partition coefficient (Wildman–Crippen LogP) is -6.49. The third-order valence-corrected chi connectivity index (χ3v) is 2.65. The zero-order valence-electron chi connectivity index (χ0n) is 11.0. The molecule has 8 heteroatoms. The number of nitrogens with one attached hydrogen (secondary N) is 2. The van der Waals surface area contributed by atoms with Gasteiger partial charge in [0.1, 0.15) is 0 Å². The van der Waals surface area contributed by atoms with Crippen LogP contribution in [0.2, 0.25) is 0 Å². The Morgan fingerprint density at radius 2 is 1.56 bits per heavy atom. The third kappa shape index (κ3) is 10.9. The van der Waals surface area contributed by atoms with Crippen LogP contribution in [0.1, 0.15) is 0 Å². The van der Waals surface area contributed by atoms with Crippen molar-refractivity contribution in [3.05, 3.63) is 6.30 Å². The Kier molecular flexibility index (Phi) is 19.4. The van der Waals surface area contributed by atoms with Gasteiger partial charge in [0, 0.05) is 32.7 Å². The van der Waals surface area contributed by atoms with Gasteiger partial charge in [0.05, 0.1) is 0 Å². The number of nitrogens with zero attached hydrogens (tertiary/aromatic N) is 2. The largest absolute Gasteiger partial charge is 3.00 e.